The Balaban J connectivity index is 3.61. The molecule has 78 valence electrons. The molecule has 0 heterocycles. The van der Waals surface area contributed by atoms with Gasteiger partial charge >= 0.3 is 0 Å². The third-order valence-electron chi connectivity index (χ3n) is 2.33. The van der Waals surface area contributed by atoms with Gasteiger partial charge in [-0.25, -0.2) is 0 Å². The van der Waals surface area contributed by atoms with Crippen LogP contribution in [0.4, 0.5) is 0 Å². The summed E-state index contributed by atoms with van der Waals surface area (Å²) in [6.45, 7) is 4.19. The lowest BCUT2D eigenvalue weighted by atomic mass is 10.0. The van der Waals surface area contributed by atoms with Gasteiger partial charge in [0.1, 0.15) is 0 Å². The smallest absolute Gasteiger partial charge is 0.213 e. The van der Waals surface area contributed by atoms with Gasteiger partial charge in [0.15, 0.2) is 0 Å². The minimum Gasteiger partial charge on any atom is -0.264 e. The quantitative estimate of drug-likeness (QED) is 0.332. The number of rotatable bonds is 8. The largest absolute Gasteiger partial charge is 0.264 e. The molecule has 0 aromatic carbocycles. The number of nitrogens with zero attached hydrogens (tertiary/aromatic N) is 1. The molecule has 0 aromatic heterocycles. The molecule has 3 heteroatoms. The fraction of sp³-hybridized carbons (Fsp3) is 1.00. The monoisotopic (exact) mass is 187 g/mol. The summed E-state index contributed by atoms with van der Waals surface area (Å²) in [6, 6.07) is -0.286. The van der Waals surface area contributed by atoms with Gasteiger partial charge in [-0.2, -0.15) is 0 Å². The van der Waals surface area contributed by atoms with Crippen LogP contribution in [0.5, 0.6) is 0 Å². The second-order valence-corrected chi connectivity index (χ2v) is 3.58. The van der Waals surface area contributed by atoms with Gasteiger partial charge in [0.25, 0.3) is 0 Å². The minimum atomic E-state index is -0.286. The Morgan fingerprint density at radius 3 is 2.08 bits per heavy atom. The molecule has 0 N–H and O–H groups in total. The van der Waals surface area contributed by atoms with Gasteiger partial charge in [-0.1, -0.05) is 33.1 Å². The fourth-order valence-corrected chi connectivity index (χ4v) is 1.42. The predicted molar refractivity (Wildman–Crippen MR) is 54.4 cm³/mol. The molecule has 0 rings (SSSR count). The Morgan fingerprint density at radius 2 is 1.62 bits per heavy atom. The van der Waals surface area contributed by atoms with E-state index in [1.807, 2.05) is 0 Å². The van der Waals surface area contributed by atoms with Crippen LogP contribution in [0.1, 0.15) is 58.8 Å². The number of nitro groups is 1. The molecule has 0 saturated heterocycles. The molecule has 0 radical (unpaired) electrons. The molecule has 0 aliphatic heterocycles. The maximum atomic E-state index is 10.6. The van der Waals surface area contributed by atoms with Crippen molar-refractivity contribution in [3.63, 3.8) is 0 Å². The maximum Gasteiger partial charge on any atom is 0.213 e. The lowest BCUT2D eigenvalue weighted by Crippen LogP contribution is -2.19. The molecule has 0 aliphatic carbocycles. The van der Waals surface area contributed by atoms with Gasteiger partial charge in [0.05, 0.1) is 0 Å². The van der Waals surface area contributed by atoms with Crippen molar-refractivity contribution in [2.24, 2.45) is 0 Å². The lowest BCUT2D eigenvalue weighted by molar-refractivity contribution is -0.524. The molecule has 0 amide bonds. The van der Waals surface area contributed by atoms with E-state index in [0.29, 0.717) is 0 Å². The first-order valence-corrected chi connectivity index (χ1v) is 5.35. The summed E-state index contributed by atoms with van der Waals surface area (Å²) in [4.78, 5) is 10.5. The van der Waals surface area contributed by atoms with Crippen molar-refractivity contribution in [3.8, 4) is 0 Å². The van der Waals surface area contributed by atoms with Gasteiger partial charge < -0.3 is 0 Å². The van der Waals surface area contributed by atoms with Crippen molar-refractivity contribution in [2.45, 2.75) is 64.8 Å². The molecule has 0 aliphatic rings. The lowest BCUT2D eigenvalue weighted by Gasteiger charge is -2.07. The van der Waals surface area contributed by atoms with Crippen molar-refractivity contribution in [1.29, 1.82) is 0 Å². The van der Waals surface area contributed by atoms with Crippen LogP contribution in [-0.4, -0.2) is 11.0 Å². The summed E-state index contributed by atoms with van der Waals surface area (Å²) in [7, 11) is 0. The van der Waals surface area contributed by atoms with E-state index in [1.54, 1.807) is 0 Å². The van der Waals surface area contributed by atoms with Crippen LogP contribution >= 0.6 is 0 Å². The van der Waals surface area contributed by atoms with E-state index in [4.69, 9.17) is 0 Å². The summed E-state index contributed by atoms with van der Waals surface area (Å²) in [5, 5.41) is 10.6. The zero-order valence-corrected chi connectivity index (χ0v) is 8.79. The van der Waals surface area contributed by atoms with Crippen LogP contribution in [0, 0.1) is 10.1 Å². The standard InChI is InChI=1S/C10H21NO2/c1-3-5-7-9-10(11(12)13)8-6-4-2/h10H,3-9H2,1-2H3. The first-order chi connectivity index (χ1) is 6.22. The van der Waals surface area contributed by atoms with E-state index in [2.05, 4.69) is 13.8 Å². The van der Waals surface area contributed by atoms with Gasteiger partial charge in [0, 0.05) is 17.8 Å². The Bertz CT molecular complexity index is 137. The number of hydrogen-bond acceptors (Lipinski definition) is 2. The van der Waals surface area contributed by atoms with Crippen LogP contribution in [-0.2, 0) is 0 Å². The minimum absolute atomic E-state index is 0.106. The second kappa shape index (κ2) is 8.02. The van der Waals surface area contributed by atoms with Crippen molar-refractivity contribution in [1.82, 2.24) is 0 Å². The van der Waals surface area contributed by atoms with E-state index in [0.717, 1.165) is 44.9 Å². The van der Waals surface area contributed by atoms with Crippen molar-refractivity contribution < 1.29 is 4.92 Å². The summed E-state index contributed by atoms with van der Waals surface area (Å²) in [5.41, 5.74) is 0. The SMILES string of the molecule is CCCCCC(CCCC)[N+](=O)[O-]. The normalized spacial score (nSPS) is 12.8. The molecule has 13 heavy (non-hydrogen) atoms. The maximum absolute atomic E-state index is 10.6. The molecular weight excluding hydrogens is 166 g/mol. The Hall–Kier alpha value is -0.600. The summed E-state index contributed by atoms with van der Waals surface area (Å²) in [6.07, 6.45) is 6.82. The Kier molecular flexibility index (Phi) is 7.65. The highest BCUT2D eigenvalue weighted by Crippen LogP contribution is 2.12. The van der Waals surface area contributed by atoms with Crippen molar-refractivity contribution in [2.75, 3.05) is 0 Å². The topological polar surface area (TPSA) is 43.1 Å². The molecule has 3 nitrogen and oxygen atoms in total. The third kappa shape index (κ3) is 6.55. The number of hydrogen-bond donors (Lipinski definition) is 0. The molecule has 1 atom stereocenters. The first-order valence-electron chi connectivity index (χ1n) is 5.35. The molecule has 0 bridgehead atoms. The molecule has 0 fully saturated rings. The Morgan fingerprint density at radius 1 is 1.08 bits per heavy atom. The van der Waals surface area contributed by atoms with E-state index < -0.39 is 0 Å². The summed E-state index contributed by atoms with van der Waals surface area (Å²) < 4.78 is 0. The molecule has 0 aromatic rings. The number of unbranched alkanes of at least 4 members (excludes halogenated alkanes) is 3. The average molecular weight is 187 g/mol. The van der Waals surface area contributed by atoms with Gasteiger partial charge in [-0.05, 0) is 12.8 Å². The fourth-order valence-electron chi connectivity index (χ4n) is 1.42. The van der Waals surface area contributed by atoms with Crippen LogP contribution in [0.25, 0.3) is 0 Å². The highest BCUT2D eigenvalue weighted by Gasteiger charge is 2.17. The predicted octanol–water partition coefficient (Wildman–Crippen LogP) is 3.40. The van der Waals surface area contributed by atoms with E-state index in [9.17, 15) is 10.1 Å². The average Bonchev–Trinajstić information content (AvgIpc) is 2.10. The molecule has 1 unspecified atom stereocenters. The van der Waals surface area contributed by atoms with Crippen LogP contribution in [0.2, 0.25) is 0 Å². The molecular formula is C10H21NO2. The van der Waals surface area contributed by atoms with E-state index >= 15 is 0 Å². The highest BCUT2D eigenvalue weighted by molar-refractivity contribution is 4.57. The van der Waals surface area contributed by atoms with E-state index in [-0.39, 0.29) is 11.0 Å². The van der Waals surface area contributed by atoms with Gasteiger partial charge in [-0.15, -0.1) is 0 Å². The second-order valence-electron chi connectivity index (χ2n) is 3.58. The van der Waals surface area contributed by atoms with E-state index in [1.165, 1.54) is 0 Å². The van der Waals surface area contributed by atoms with Crippen LogP contribution in [0.15, 0.2) is 0 Å². The van der Waals surface area contributed by atoms with Crippen molar-refractivity contribution >= 4 is 0 Å². The summed E-state index contributed by atoms with van der Waals surface area (Å²) >= 11 is 0. The third-order valence-corrected chi connectivity index (χ3v) is 2.33. The van der Waals surface area contributed by atoms with Gasteiger partial charge in [-0.3, -0.25) is 10.1 Å². The van der Waals surface area contributed by atoms with Crippen molar-refractivity contribution in [3.05, 3.63) is 10.1 Å². The zero-order chi connectivity index (χ0) is 10.1. The highest BCUT2D eigenvalue weighted by atomic mass is 16.6. The Labute approximate surface area is 80.7 Å². The summed E-state index contributed by atoms with van der Waals surface area (Å²) in [5.74, 6) is 0. The van der Waals surface area contributed by atoms with Gasteiger partial charge in [0.2, 0.25) is 6.04 Å². The van der Waals surface area contributed by atoms with Crippen LogP contribution < -0.4 is 0 Å². The molecule has 0 spiro atoms. The van der Waals surface area contributed by atoms with Crippen LogP contribution in [0.3, 0.4) is 0 Å². The zero-order valence-electron chi connectivity index (χ0n) is 8.79. The first kappa shape index (κ1) is 12.4. The molecule has 0 saturated carbocycles.